The first-order valence-corrected chi connectivity index (χ1v) is 13.5. The van der Waals surface area contributed by atoms with Crippen molar-refractivity contribution in [2.75, 3.05) is 18.4 Å². The summed E-state index contributed by atoms with van der Waals surface area (Å²) in [7, 11) is 0. The molecule has 4 atom stereocenters. The van der Waals surface area contributed by atoms with Gasteiger partial charge in [-0.25, -0.2) is 4.39 Å². The molecule has 37 heavy (non-hydrogen) atoms. The lowest BCUT2D eigenvalue weighted by molar-refractivity contribution is -0.121. The van der Waals surface area contributed by atoms with Crippen LogP contribution in [0.25, 0.3) is 11.1 Å². The Morgan fingerprint density at radius 1 is 1.22 bits per heavy atom. The van der Waals surface area contributed by atoms with Gasteiger partial charge in [-0.3, -0.25) is 4.79 Å². The van der Waals surface area contributed by atoms with E-state index in [1.807, 2.05) is 37.3 Å². The van der Waals surface area contributed by atoms with Crippen LogP contribution in [-0.4, -0.2) is 37.1 Å². The molecule has 3 fully saturated rings. The number of nitrogens with zero attached hydrogens (tertiary/aromatic N) is 1. The lowest BCUT2D eigenvalue weighted by Crippen LogP contribution is -2.44. The van der Waals surface area contributed by atoms with Gasteiger partial charge < -0.3 is 21.3 Å². The predicted molar refractivity (Wildman–Crippen MR) is 142 cm³/mol. The molecule has 2 bridgehead atoms. The Bertz CT molecular complexity index is 1290. The summed E-state index contributed by atoms with van der Waals surface area (Å²) in [6, 6.07) is 13.8. The second kappa shape index (κ2) is 9.59. The normalized spacial score (nSPS) is 26.6. The third-order valence-electron chi connectivity index (χ3n) is 8.99. The largest absolute Gasteiger partial charge is 0.372 e. The molecular formula is C30H34FN5O. The molecule has 7 heteroatoms. The Hall–Kier alpha value is -3.21. The molecule has 1 saturated carbocycles. The molecule has 6 rings (SSSR count). The second-order valence-electron chi connectivity index (χ2n) is 11.0. The van der Waals surface area contributed by atoms with Crippen LogP contribution in [-0.2, 0) is 16.6 Å². The second-order valence-corrected chi connectivity index (χ2v) is 11.0. The van der Waals surface area contributed by atoms with Crippen molar-refractivity contribution < 1.29 is 9.18 Å². The number of hydrogen-bond donors (Lipinski definition) is 4. The summed E-state index contributed by atoms with van der Waals surface area (Å²) in [6.45, 7) is 3.61. The van der Waals surface area contributed by atoms with Gasteiger partial charge in [0, 0.05) is 29.9 Å². The monoisotopic (exact) mass is 499 g/mol. The van der Waals surface area contributed by atoms with Crippen LogP contribution >= 0.6 is 0 Å². The van der Waals surface area contributed by atoms with Gasteiger partial charge in [0.25, 0.3) is 0 Å². The van der Waals surface area contributed by atoms with E-state index in [1.165, 1.54) is 19.3 Å². The van der Waals surface area contributed by atoms with E-state index in [1.54, 1.807) is 12.1 Å². The number of piperidine rings is 2. The van der Waals surface area contributed by atoms with Crippen LogP contribution in [0.15, 0.2) is 48.2 Å². The third-order valence-corrected chi connectivity index (χ3v) is 8.99. The minimum Gasteiger partial charge on any atom is -0.372 e. The average molecular weight is 500 g/mol. The van der Waals surface area contributed by atoms with Crippen molar-refractivity contribution in [3.8, 4) is 17.2 Å². The van der Waals surface area contributed by atoms with Gasteiger partial charge in [0.2, 0.25) is 5.91 Å². The molecule has 1 spiro atoms. The molecule has 2 saturated heterocycles. The number of nitriles is 1. The van der Waals surface area contributed by atoms with Gasteiger partial charge in [-0.15, -0.1) is 0 Å². The Morgan fingerprint density at radius 3 is 2.68 bits per heavy atom. The number of nitrogens with one attached hydrogen (secondary N) is 4. The summed E-state index contributed by atoms with van der Waals surface area (Å²) < 4.78 is 15.3. The molecule has 1 amide bonds. The number of rotatable bonds is 6. The first-order valence-electron chi connectivity index (χ1n) is 13.5. The zero-order chi connectivity index (χ0) is 25.6. The fourth-order valence-electron chi connectivity index (χ4n) is 6.94. The fraction of sp³-hybridized carbons (Fsp3) is 0.467. The highest BCUT2D eigenvalue weighted by molar-refractivity contribution is 6.06. The zero-order valence-electron chi connectivity index (χ0n) is 21.2. The maximum Gasteiger partial charge on any atom is 0.235 e. The Kier molecular flexibility index (Phi) is 6.26. The van der Waals surface area contributed by atoms with E-state index in [0.717, 1.165) is 54.0 Å². The number of halogens is 1. The van der Waals surface area contributed by atoms with E-state index >= 15 is 4.39 Å². The van der Waals surface area contributed by atoms with E-state index < -0.39 is 11.5 Å². The highest BCUT2D eigenvalue weighted by Gasteiger charge is 2.47. The lowest BCUT2D eigenvalue weighted by Gasteiger charge is -2.32. The lowest BCUT2D eigenvalue weighted by atomic mass is 9.73. The number of hydrogen-bond acceptors (Lipinski definition) is 5. The number of anilines is 1. The summed E-state index contributed by atoms with van der Waals surface area (Å²) in [5.74, 6) is 0.366. The molecule has 192 valence electrons. The molecule has 2 aromatic rings. The topological polar surface area (TPSA) is 89.0 Å². The number of benzene rings is 2. The summed E-state index contributed by atoms with van der Waals surface area (Å²) in [4.78, 5) is 12.9. The van der Waals surface area contributed by atoms with E-state index in [-0.39, 0.29) is 17.8 Å². The van der Waals surface area contributed by atoms with Gasteiger partial charge in [-0.05, 0) is 98.5 Å². The predicted octanol–water partition coefficient (Wildman–Crippen LogP) is 4.13. The van der Waals surface area contributed by atoms with Crippen molar-refractivity contribution >= 4 is 11.6 Å². The molecule has 0 aromatic heterocycles. The van der Waals surface area contributed by atoms with Crippen molar-refractivity contribution in [1.29, 1.82) is 5.26 Å². The number of allylic oxidation sites excluding steroid dienone is 1. The van der Waals surface area contributed by atoms with E-state index in [0.29, 0.717) is 23.9 Å². The van der Waals surface area contributed by atoms with Crippen LogP contribution < -0.4 is 21.3 Å². The number of carbonyl (C=O) groups excluding carboxylic acids is 1. The average Bonchev–Trinajstić information content (AvgIpc) is 3.62. The van der Waals surface area contributed by atoms with E-state index in [9.17, 15) is 10.1 Å². The molecule has 0 radical (unpaired) electrons. The molecule has 4 N–H and O–H groups in total. The summed E-state index contributed by atoms with van der Waals surface area (Å²) in [5.41, 5.74) is 4.61. The fourth-order valence-corrected chi connectivity index (χ4v) is 6.94. The SMILES string of the molecule is C/C=C(\N[C@H](C#N)Cc1ccc(-c2ccc3c(c2)C2(CCNCC2)C(=O)N3)cc1F)C1NC2CCC1C2. The van der Waals surface area contributed by atoms with Crippen LogP contribution in [0.2, 0.25) is 0 Å². The summed E-state index contributed by atoms with van der Waals surface area (Å²) in [6.07, 6.45) is 7.51. The minimum atomic E-state index is -0.510. The van der Waals surface area contributed by atoms with Crippen LogP contribution in [0.4, 0.5) is 10.1 Å². The molecular weight excluding hydrogens is 465 g/mol. The maximum absolute atomic E-state index is 15.3. The van der Waals surface area contributed by atoms with Crippen molar-refractivity contribution in [3.05, 3.63) is 65.1 Å². The summed E-state index contributed by atoms with van der Waals surface area (Å²) in [5, 5.41) is 23.3. The molecule has 3 heterocycles. The third kappa shape index (κ3) is 4.22. The Labute approximate surface area is 217 Å². The number of fused-ring (bicyclic) bond motifs is 4. The Morgan fingerprint density at radius 2 is 2.00 bits per heavy atom. The smallest absolute Gasteiger partial charge is 0.235 e. The molecule has 1 aliphatic carbocycles. The standard InChI is InChI=1S/C30H34FN5O/c1-2-26(28-21-5-7-22(14-21)35-28)34-23(17-32)13-20-4-3-19(16-25(20)31)18-6-8-27-24(15-18)30(29(37)36-27)9-11-33-12-10-30/h2-4,6,8,15-16,21-23,28,33-35H,5,7,9-14H2,1H3,(H,36,37)/b26-2-/t21?,22?,23-,28?/m0/s1. The van der Waals surface area contributed by atoms with Gasteiger partial charge in [-0.1, -0.05) is 24.3 Å². The maximum atomic E-state index is 15.3. The quantitative estimate of drug-likeness (QED) is 0.480. The van der Waals surface area contributed by atoms with E-state index in [2.05, 4.69) is 27.3 Å². The highest BCUT2D eigenvalue weighted by atomic mass is 19.1. The van der Waals surface area contributed by atoms with Gasteiger partial charge in [-0.2, -0.15) is 5.26 Å². The minimum absolute atomic E-state index is 0.0684. The van der Waals surface area contributed by atoms with Gasteiger partial charge in [0.05, 0.1) is 11.5 Å². The summed E-state index contributed by atoms with van der Waals surface area (Å²) >= 11 is 0. The zero-order valence-corrected chi connectivity index (χ0v) is 21.2. The van der Waals surface area contributed by atoms with Gasteiger partial charge in [0.1, 0.15) is 11.9 Å². The van der Waals surface area contributed by atoms with Crippen molar-refractivity contribution in [2.24, 2.45) is 5.92 Å². The van der Waals surface area contributed by atoms with Gasteiger partial charge >= 0.3 is 0 Å². The number of carbonyl (C=O) groups is 1. The van der Waals surface area contributed by atoms with Crippen molar-refractivity contribution in [3.63, 3.8) is 0 Å². The van der Waals surface area contributed by atoms with Crippen LogP contribution in [0.3, 0.4) is 0 Å². The first-order chi connectivity index (χ1) is 18.0. The van der Waals surface area contributed by atoms with E-state index in [4.69, 9.17) is 0 Å². The first kappa shape index (κ1) is 24.1. The van der Waals surface area contributed by atoms with Crippen molar-refractivity contribution in [1.82, 2.24) is 16.0 Å². The van der Waals surface area contributed by atoms with Gasteiger partial charge in [0.15, 0.2) is 0 Å². The molecule has 3 unspecified atom stereocenters. The highest BCUT2D eigenvalue weighted by Crippen LogP contribution is 2.45. The van der Waals surface area contributed by atoms with Crippen LogP contribution in [0.5, 0.6) is 0 Å². The molecule has 4 aliphatic rings. The molecule has 3 aliphatic heterocycles. The Balaban J connectivity index is 1.19. The molecule has 2 aromatic carbocycles. The van der Waals surface area contributed by atoms with Crippen LogP contribution in [0.1, 0.15) is 50.2 Å². The number of amides is 1. The molecule has 6 nitrogen and oxygen atoms in total. The van der Waals surface area contributed by atoms with Crippen LogP contribution in [0, 0.1) is 23.1 Å². The van der Waals surface area contributed by atoms with Crippen molar-refractivity contribution in [2.45, 2.75) is 69.0 Å².